The molecule has 1 amide bonds. The molecular formula is C18H23N3O3. The molecule has 1 fully saturated rings. The van der Waals surface area contributed by atoms with Crippen molar-refractivity contribution in [1.82, 2.24) is 10.1 Å². The zero-order valence-corrected chi connectivity index (χ0v) is 14.1. The number of hydrogen-bond donors (Lipinski definition) is 1. The van der Waals surface area contributed by atoms with Crippen LogP contribution in [0.4, 0.5) is 5.69 Å². The lowest BCUT2D eigenvalue weighted by Gasteiger charge is -2.15. The van der Waals surface area contributed by atoms with Gasteiger partial charge in [-0.2, -0.15) is 0 Å². The highest BCUT2D eigenvalue weighted by Gasteiger charge is 2.17. The molecule has 2 aromatic rings. The van der Waals surface area contributed by atoms with E-state index in [4.69, 9.17) is 9.26 Å². The van der Waals surface area contributed by atoms with E-state index in [1.807, 2.05) is 24.3 Å². The van der Waals surface area contributed by atoms with Crippen LogP contribution < -0.4 is 10.1 Å². The molecule has 1 aliphatic rings. The van der Waals surface area contributed by atoms with Crippen LogP contribution in [-0.2, 0) is 0 Å². The molecule has 1 unspecified atom stereocenters. The predicted octanol–water partition coefficient (Wildman–Crippen LogP) is 2.96. The van der Waals surface area contributed by atoms with Crippen LogP contribution in [-0.4, -0.2) is 42.2 Å². The Bertz CT molecular complexity index is 681. The van der Waals surface area contributed by atoms with Crippen LogP contribution in [0.3, 0.4) is 0 Å². The van der Waals surface area contributed by atoms with Crippen molar-refractivity contribution < 1.29 is 14.1 Å². The highest BCUT2D eigenvalue weighted by Crippen LogP contribution is 2.18. The topological polar surface area (TPSA) is 67.6 Å². The first-order valence-electron chi connectivity index (χ1n) is 8.30. The third-order valence-electron chi connectivity index (χ3n) is 4.15. The number of nitrogens with one attached hydrogen (secondary N) is 1. The Balaban J connectivity index is 1.45. The minimum Gasteiger partial charge on any atom is -0.492 e. The van der Waals surface area contributed by atoms with Crippen LogP contribution in [0.15, 0.2) is 34.9 Å². The fourth-order valence-electron chi connectivity index (χ4n) is 2.82. The summed E-state index contributed by atoms with van der Waals surface area (Å²) in [7, 11) is 0. The van der Waals surface area contributed by atoms with Crippen LogP contribution in [0.1, 0.15) is 29.6 Å². The summed E-state index contributed by atoms with van der Waals surface area (Å²) in [6.07, 6.45) is 1.28. The van der Waals surface area contributed by atoms with Crippen molar-refractivity contribution in [1.29, 1.82) is 0 Å². The maximum absolute atomic E-state index is 12.0. The van der Waals surface area contributed by atoms with Crippen LogP contribution in [0.5, 0.6) is 5.75 Å². The second-order valence-electron chi connectivity index (χ2n) is 6.35. The van der Waals surface area contributed by atoms with Gasteiger partial charge >= 0.3 is 0 Å². The molecule has 2 heterocycles. The van der Waals surface area contributed by atoms with E-state index in [9.17, 15) is 4.79 Å². The van der Waals surface area contributed by atoms with Crippen LogP contribution >= 0.6 is 0 Å². The summed E-state index contributed by atoms with van der Waals surface area (Å²) in [5, 5.41) is 6.47. The number of hydrogen-bond acceptors (Lipinski definition) is 5. The van der Waals surface area contributed by atoms with Crippen molar-refractivity contribution in [2.24, 2.45) is 5.92 Å². The third-order valence-corrected chi connectivity index (χ3v) is 4.15. The maximum atomic E-state index is 12.0. The zero-order valence-electron chi connectivity index (χ0n) is 14.1. The van der Waals surface area contributed by atoms with E-state index in [2.05, 4.69) is 22.3 Å². The SMILES string of the molecule is Cc1cc(C(=O)Nc2ccc(OCCN3CCC(C)C3)cc2)on1. The number of likely N-dealkylation sites (tertiary alicyclic amines) is 1. The van der Waals surface area contributed by atoms with Gasteiger partial charge in [0, 0.05) is 24.8 Å². The quantitative estimate of drug-likeness (QED) is 0.882. The molecule has 0 bridgehead atoms. The number of nitrogens with zero attached hydrogens (tertiary/aromatic N) is 2. The number of carbonyl (C=O) groups is 1. The number of aryl methyl sites for hydroxylation is 1. The smallest absolute Gasteiger partial charge is 0.294 e. The van der Waals surface area contributed by atoms with E-state index in [1.165, 1.54) is 6.42 Å². The van der Waals surface area contributed by atoms with E-state index in [-0.39, 0.29) is 11.7 Å². The second-order valence-corrected chi connectivity index (χ2v) is 6.35. The van der Waals surface area contributed by atoms with E-state index >= 15 is 0 Å². The molecule has 1 atom stereocenters. The predicted molar refractivity (Wildman–Crippen MR) is 91.4 cm³/mol. The van der Waals surface area contributed by atoms with Gasteiger partial charge in [-0.1, -0.05) is 12.1 Å². The Hall–Kier alpha value is -2.34. The first-order chi connectivity index (χ1) is 11.6. The summed E-state index contributed by atoms with van der Waals surface area (Å²) in [5.74, 6) is 1.48. The number of rotatable bonds is 6. The summed E-state index contributed by atoms with van der Waals surface area (Å²) in [6.45, 7) is 8.01. The van der Waals surface area contributed by atoms with Crippen LogP contribution in [0.25, 0.3) is 0 Å². The number of anilines is 1. The molecule has 1 aromatic carbocycles. The average Bonchev–Trinajstić information content (AvgIpc) is 3.18. The van der Waals surface area contributed by atoms with E-state index in [0.717, 1.165) is 31.3 Å². The molecule has 24 heavy (non-hydrogen) atoms. The molecule has 128 valence electrons. The summed E-state index contributed by atoms with van der Waals surface area (Å²) in [5.41, 5.74) is 1.37. The van der Waals surface area contributed by atoms with Gasteiger partial charge in [0.05, 0.1) is 5.69 Å². The van der Waals surface area contributed by atoms with Crippen molar-refractivity contribution in [3.05, 3.63) is 41.8 Å². The zero-order chi connectivity index (χ0) is 16.9. The standard InChI is InChI=1S/C18H23N3O3/c1-13-7-8-21(12-13)9-10-23-16-5-3-15(4-6-16)19-18(22)17-11-14(2)20-24-17/h3-6,11,13H,7-10,12H2,1-2H3,(H,19,22). The molecular weight excluding hydrogens is 306 g/mol. The normalized spacial score (nSPS) is 17.8. The minimum absolute atomic E-state index is 0.202. The summed E-state index contributed by atoms with van der Waals surface area (Å²) in [6, 6.07) is 8.94. The monoisotopic (exact) mass is 329 g/mol. The van der Waals surface area contributed by atoms with Gasteiger partial charge in [0.2, 0.25) is 5.76 Å². The number of amides is 1. The van der Waals surface area contributed by atoms with Gasteiger partial charge in [0.25, 0.3) is 5.91 Å². The lowest BCUT2D eigenvalue weighted by Crippen LogP contribution is -2.25. The van der Waals surface area contributed by atoms with Gasteiger partial charge in [-0.3, -0.25) is 9.69 Å². The Morgan fingerprint density at radius 2 is 2.21 bits per heavy atom. The van der Waals surface area contributed by atoms with Crippen molar-refractivity contribution in [3.63, 3.8) is 0 Å². The molecule has 0 radical (unpaired) electrons. The fourth-order valence-corrected chi connectivity index (χ4v) is 2.82. The Kier molecular flexibility index (Phi) is 5.15. The molecule has 0 aliphatic carbocycles. The second kappa shape index (κ2) is 7.49. The molecule has 0 spiro atoms. The molecule has 6 nitrogen and oxygen atoms in total. The summed E-state index contributed by atoms with van der Waals surface area (Å²) >= 11 is 0. The largest absolute Gasteiger partial charge is 0.492 e. The fraction of sp³-hybridized carbons (Fsp3) is 0.444. The van der Waals surface area contributed by atoms with Crippen molar-refractivity contribution in [3.8, 4) is 5.75 Å². The molecule has 3 rings (SSSR count). The Labute approximate surface area is 141 Å². The van der Waals surface area contributed by atoms with E-state index < -0.39 is 0 Å². The molecule has 0 saturated carbocycles. The maximum Gasteiger partial charge on any atom is 0.294 e. The van der Waals surface area contributed by atoms with Gasteiger partial charge in [-0.25, -0.2) is 0 Å². The number of aromatic nitrogens is 1. The van der Waals surface area contributed by atoms with Gasteiger partial charge in [0.1, 0.15) is 12.4 Å². The molecule has 1 aliphatic heterocycles. The van der Waals surface area contributed by atoms with Crippen molar-refractivity contribution in [2.45, 2.75) is 20.3 Å². The molecule has 6 heteroatoms. The average molecular weight is 329 g/mol. The van der Waals surface area contributed by atoms with Crippen LogP contribution in [0, 0.1) is 12.8 Å². The van der Waals surface area contributed by atoms with Gasteiger partial charge in [-0.05, 0) is 50.1 Å². The number of carbonyl (C=O) groups excluding carboxylic acids is 1. The van der Waals surface area contributed by atoms with E-state index in [1.54, 1.807) is 13.0 Å². The lowest BCUT2D eigenvalue weighted by atomic mass is 10.2. The van der Waals surface area contributed by atoms with Gasteiger partial charge in [0.15, 0.2) is 0 Å². The first kappa shape index (κ1) is 16.5. The molecule has 1 saturated heterocycles. The van der Waals surface area contributed by atoms with E-state index in [0.29, 0.717) is 18.0 Å². The van der Waals surface area contributed by atoms with Crippen molar-refractivity contribution in [2.75, 3.05) is 31.6 Å². The molecule has 1 N–H and O–H groups in total. The molecule has 1 aromatic heterocycles. The van der Waals surface area contributed by atoms with Crippen LogP contribution in [0.2, 0.25) is 0 Å². The number of ether oxygens (including phenoxy) is 1. The highest BCUT2D eigenvalue weighted by molar-refractivity contribution is 6.02. The summed E-state index contributed by atoms with van der Waals surface area (Å²) in [4.78, 5) is 14.4. The summed E-state index contributed by atoms with van der Waals surface area (Å²) < 4.78 is 10.7. The number of benzene rings is 1. The first-order valence-corrected chi connectivity index (χ1v) is 8.30. The Morgan fingerprint density at radius 1 is 1.42 bits per heavy atom. The van der Waals surface area contributed by atoms with Gasteiger partial charge in [-0.15, -0.1) is 0 Å². The minimum atomic E-state index is -0.313. The van der Waals surface area contributed by atoms with Crippen molar-refractivity contribution >= 4 is 11.6 Å². The third kappa shape index (κ3) is 4.35. The van der Waals surface area contributed by atoms with Gasteiger partial charge < -0.3 is 14.6 Å². The lowest BCUT2D eigenvalue weighted by molar-refractivity contribution is 0.0988. The Morgan fingerprint density at radius 3 is 2.83 bits per heavy atom. The highest BCUT2D eigenvalue weighted by atomic mass is 16.5.